The van der Waals surface area contributed by atoms with Crippen molar-refractivity contribution in [2.45, 2.75) is 51.5 Å². The minimum Gasteiger partial charge on any atom is -0.496 e. The number of esters is 1. The van der Waals surface area contributed by atoms with Gasteiger partial charge in [-0.15, -0.1) is 0 Å². The summed E-state index contributed by atoms with van der Waals surface area (Å²) in [5.41, 5.74) is 3.30. The predicted octanol–water partition coefficient (Wildman–Crippen LogP) is 4.10. The third-order valence-electron chi connectivity index (χ3n) is 5.52. The molecule has 3 rings (SSSR count). The SMILES string of the molecule is COc1c(C)c2c(c(OS(=O)(=O)c3ccc(C)cc3)c1C/C=C(\C)CCC(=O)O)C(=O)OC2. The zero-order valence-corrected chi connectivity index (χ0v) is 19.7. The van der Waals surface area contributed by atoms with E-state index in [1.54, 1.807) is 32.1 Å². The number of carboxylic acid groups (broad SMARTS) is 1. The van der Waals surface area contributed by atoms with Gasteiger partial charge in [0.25, 0.3) is 0 Å². The molecular weight excluding hydrogens is 448 g/mol. The van der Waals surface area contributed by atoms with Crippen molar-refractivity contribution in [2.75, 3.05) is 7.11 Å². The first-order valence-corrected chi connectivity index (χ1v) is 11.7. The number of aryl methyl sites for hydroxylation is 1. The van der Waals surface area contributed by atoms with Crippen molar-refractivity contribution < 1.29 is 36.8 Å². The highest BCUT2D eigenvalue weighted by Gasteiger charge is 2.35. The van der Waals surface area contributed by atoms with Gasteiger partial charge >= 0.3 is 22.1 Å². The Kier molecular flexibility index (Phi) is 7.12. The van der Waals surface area contributed by atoms with Crippen molar-refractivity contribution in [1.29, 1.82) is 0 Å². The molecule has 0 unspecified atom stereocenters. The largest absolute Gasteiger partial charge is 0.496 e. The second kappa shape index (κ2) is 9.66. The summed E-state index contributed by atoms with van der Waals surface area (Å²) in [5, 5.41) is 8.91. The molecule has 176 valence electrons. The minimum atomic E-state index is -4.26. The van der Waals surface area contributed by atoms with Crippen LogP contribution in [0.15, 0.2) is 40.8 Å². The summed E-state index contributed by atoms with van der Waals surface area (Å²) in [6.07, 6.45) is 2.26. The van der Waals surface area contributed by atoms with Crippen LogP contribution in [0.4, 0.5) is 0 Å². The lowest BCUT2D eigenvalue weighted by Gasteiger charge is -2.19. The summed E-state index contributed by atoms with van der Waals surface area (Å²) in [5.74, 6) is -1.32. The first kappa shape index (κ1) is 24.3. The van der Waals surface area contributed by atoms with Crippen LogP contribution in [0.25, 0.3) is 0 Å². The Labute approximate surface area is 192 Å². The quantitative estimate of drug-likeness (QED) is 0.328. The standard InChI is InChI=1S/C24H26O8S/c1-14-5-9-17(10-6-14)33(28,29)32-23-18(11-7-15(2)8-12-20(25)26)22(30-4)16(3)19-13-31-24(27)21(19)23/h5-7,9-10H,8,11-13H2,1-4H3,(H,25,26)/b15-7+. The average molecular weight is 475 g/mol. The smallest absolute Gasteiger partial charge is 0.342 e. The highest BCUT2D eigenvalue weighted by atomic mass is 32.2. The normalized spacial score (nSPS) is 13.5. The molecule has 0 saturated carbocycles. The molecule has 33 heavy (non-hydrogen) atoms. The van der Waals surface area contributed by atoms with E-state index in [1.165, 1.54) is 19.2 Å². The van der Waals surface area contributed by atoms with E-state index in [0.29, 0.717) is 28.9 Å². The molecule has 1 aliphatic rings. The summed E-state index contributed by atoms with van der Waals surface area (Å²) < 4.78 is 42.5. The molecule has 0 saturated heterocycles. The fourth-order valence-corrected chi connectivity index (χ4v) is 4.62. The van der Waals surface area contributed by atoms with Crippen molar-refractivity contribution in [3.8, 4) is 11.5 Å². The lowest BCUT2D eigenvalue weighted by molar-refractivity contribution is -0.136. The predicted molar refractivity (Wildman–Crippen MR) is 120 cm³/mol. The Morgan fingerprint density at radius 2 is 1.82 bits per heavy atom. The third-order valence-corrected chi connectivity index (χ3v) is 6.75. The number of ether oxygens (including phenoxy) is 2. The molecule has 1 N–H and O–H groups in total. The minimum absolute atomic E-state index is 0.00887. The number of rotatable bonds is 9. The van der Waals surface area contributed by atoms with E-state index in [9.17, 15) is 18.0 Å². The van der Waals surface area contributed by atoms with Gasteiger partial charge < -0.3 is 18.8 Å². The number of hydrogen-bond donors (Lipinski definition) is 1. The molecule has 0 spiro atoms. The van der Waals surface area contributed by atoms with Crippen LogP contribution < -0.4 is 8.92 Å². The second-order valence-electron chi connectivity index (χ2n) is 7.89. The maximum Gasteiger partial charge on any atom is 0.342 e. The number of methoxy groups -OCH3 is 1. The Morgan fingerprint density at radius 1 is 1.15 bits per heavy atom. The Balaban J connectivity index is 2.13. The Morgan fingerprint density at radius 3 is 2.42 bits per heavy atom. The molecule has 0 atom stereocenters. The average Bonchev–Trinajstić information content (AvgIpc) is 3.15. The number of benzene rings is 2. The van der Waals surface area contributed by atoms with Crippen molar-refractivity contribution in [3.63, 3.8) is 0 Å². The Bertz CT molecular complexity index is 1220. The lowest BCUT2D eigenvalue weighted by Crippen LogP contribution is -2.15. The van der Waals surface area contributed by atoms with Crippen molar-refractivity contribution >= 4 is 22.1 Å². The van der Waals surface area contributed by atoms with Gasteiger partial charge in [0.15, 0.2) is 5.75 Å². The van der Waals surface area contributed by atoms with Crippen LogP contribution in [0.5, 0.6) is 11.5 Å². The monoisotopic (exact) mass is 474 g/mol. The Hall–Kier alpha value is -3.33. The van der Waals surface area contributed by atoms with Crippen LogP contribution in [-0.4, -0.2) is 32.6 Å². The summed E-state index contributed by atoms with van der Waals surface area (Å²) in [6.45, 7) is 5.38. The van der Waals surface area contributed by atoms with E-state index in [0.717, 1.165) is 11.1 Å². The van der Waals surface area contributed by atoms with E-state index >= 15 is 0 Å². The molecule has 2 aromatic rings. The summed E-state index contributed by atoms with van der Waals surface area (Å²) in [4.78, 5) is 23.4. The summed E-state index contributed by atoms with van der Waals surface area (Å²) in [6, 6.07) is 6.18. The third kappa shape index (κ3) is 5.19. The molecule has 8 nitrogen and oxygen atoms in total. The molecule has 0 radical (unpaired) electrons. The topological polar surface area (TPSA) is 116 Å². The zero-order valence-electron chi connectivity index (χ0n) is 18.9. The molecule has 0 bridgehead atoms. The van der Waals surface area contributed by atoms with Gasteiger partial charge in [0.05, 0.1) is 7.11 Å². The molecule has 1 heterocycles. The molecule has 0 aliphatic carbocycles. The zero-order chi connectivity index (χ0) is 24.3. The second-order valence-corrected chi connectivity index (χ2v) is 9.44. The number of carbonyl (C=O) groups excluding carboxylic acids is 1. The number of hydrogen-bond acceptors (Lipinski definition) is 7. The number of carboxylic acids is 1. The molecule has 0 fully saturated rings. The van der Waals surface area contributed by atoms with Crippen molar-refractivity contribution in [3.05, 3.63) is 63.7 Å². The van der Waals surface area contributed by atoms with Crippen LogP contribution in [0.1, 0.15) is 52.4 Å². The molecule has 0 amide bonds. The highest BCUT2D eigenvalue weighted by Crippen LogP contribution is 2.43. The first-order chi connectivity index (χ1) is 15.5. The maximum absolute atomic E-state index is 13.1. The van der Waals surface area contributed by atoms with Gasteiger partial charge in [-0.1, -0.05) is 29.3 Å². The van der Waals surface area contributed by atoms with Crippen LogP contribution in [0, 0.1) is 13.8 Å². The van der Waals surface area contributed by atoms with Gasteiger partial charge in [-0.25, -0.2) is 4.79 Å². The number of cyclic esters (lactones) is 1. The van der Waals surface area contributed by atoms with Crippen LogP contribution in [-0.2, 0) is 32.7 Å². The number of aliphatic carboxylic acids is 1. The maximum atomic E-state index is 13.1. The summed E-state index contributed by atoms with van der Waals surface area (Å²) >= 11 is 0. The van der Waals surface area contributed by atoms with Gasteiger partial charge in [0.1, 0.15) is 22.8 Å². The fourth-order valence-electron chi connectivity index (χ4n) is 3.65. The van der Waals surface area contributed by atoms with E-state index in [-0.39, 0.29) is 35.7 Å². The fraction of sp³-hybridized carbons (Fsp3) is 0.333. The van der Waals surface area contributed by atoms with Gasteiger partial charge in [-0.3, -0.25) is 4.79 Å². The van der Waals surface area contributed by atoms with E-state index in [2.05, 4.69) is 0 Å². The van der Waals surface area contributed by atoms with E-state index in [4.69, 9.17) is 18.8 Å². The van der Waals surface area contributed by atoms with Gasteiger partial charge in [0.2, 0.25) is 0 Å². The molecule has 9 heteroatoms. The summed E-state index contributed by atoms with van der Waals surface area (Å²) in [7, 11) is -2.80. The van der Waals surface area contributed by atoms with Crippen LogP contribution in [0.3, 0.4) is 0 Å². The van der Waals surface area contributed by atoms with Gasteiger partial charge in [-0.05, 0) is 51.3 Å². The van der Waals surface area contributed by atoms with Crippen molar-refractivity contribution in [1.82, 2.24) is 0 Å². The highest BCUT2D eigenvalue weighted by molar-refractivity contribution is 7.87. The molecule has 0 aromatic heterocycles. The lowest BCUT2D eigenvalue weighted by atomic mass is 9.94. The van der Waals surface area contributed by atoms with E-state index < -0.39 is 22.1 Å². The van der Waals surface area contributed by atoms with Crippen LogP contribution in [0.2, 0.25) is 0 Å². The number of carbonyl (C=O) groups is 2. The number of fused-ring (bicyclic) bond motifs is 1. The van der Waals surface area contributed by atoms with E-state index in [1.807, 2.05) is 6.92 Å². The van der Waals surface area contributed by atoms with Gasteiger partial charge in [-0.2, -0.15) is 8.42 Å². The van der Waals surface area contributed by atoms with Crippen molar-refractivity contribution in [2.24, 2.45) is 0 Å². The molecule has 1 aliphatic heterocycles. The molecular formula is C24H26O8S. The first-order valence-electron chi connectivity index (χ1n) is 10.3. The van der Waals surface area contributed by atoms with Crippen LogP contribution >= 0.6 is 0 Å². The number of allylic oxidation sites excluding steroid dienone is 2. The molecule has 2 aromatic carbocycles. The van der Waals surface area contributed by atoms with Gasteiger partial charge in [0, 0.05) is 17.5 Å².